The van der Waals surface area contributed by atoms with Gasteiger partial charge in [0.1, 0.15) is 11.6 Å². The Morgan fingerprint density at radius 3 is 2.69 bits per heavy atom. The average molecular weight is 459 g/mol. The number of aromatic nitrogens is 2. The zero-order valence-corrected chi connectivity index (χ0v) is 15.0. The number of likely N-dealkylation sites (tertiary alicyclic amines) is 1. The number of fused-ring (bicyclic) bond motifs is 1. The van der Waals surface area contributed by atoms with Crippen LogP contribution in [0, 0.1) is 5.82 Å². The largest absolute Gasteiger partial charge is 0.472 e. The predicted octanol–water partition coefficient (Wildman–Crippen LogP) is 4.33. The fraction of sp³-hybridized carbons (Fsp3) is 0.357. The molecule has 0 radical (unpaired) electrons. The number of rotatable bonds is 2. The molecule has 140 valence electrons. The van der Waals surface area contributed by atoms with E-state index in [1.807, 2.05) is 0 Å². The third-order valence-electron chi connectivity index (χ3n) is 3.81. The number of benzene rings is 1. The van der Waals surface area contributed by atoms with Crippen molar-refractivity contribution in [3.05, 3.63) is 27.2 Å². The molecule has 1 amide bonds. The van der Waals surface area contributed by atoms with E-state index in [0.717, 1.165) is 4.90 Å². The maximum absolute atomic E-state index is 14.4. The SMILES string of the molecule is O=C(O)N1CC[C@@H](Oc2nc(Cl)nc3c(F)c(Br)c(C(F)(F)F)cc23)C1. The van der Waals surface area contributed by atoms with Crippen LogP contribution in [0.15, 0.2) is 10.5 Å². The maximum Gasteiger partial charge on any atom is 0.417 e. The summed E-state index contributed by atoms with van der Waals surface area (Å²) in [7, 11) is 0. The Labute approximate surface area is 156 Å². The van der Waals surface area contributed by atoms with Crippen LogP contribution < -0.4 is 4.74 Å². The minimum atomic E-state index is -4.82. The van der Waals surface area contributed by atoms with Crippen molar-refractivity contribution in [3.8, 4) is 5.88 Å². The van der Waals surface area contributed by atoms with Crippen molar-refractivity contribution in [1.82, 2.24) is 14.9 Å². The van der Waals surface area contributed by atoms with Crippen molar-refractivity contribution in [2.75, 3.05) is 13.1 Å². The molecule has 6 nitrogen and oxygen atoms in total. The summed E-state index contributed by atoms with van der Waals surface area (Å²) in [5, 5.41) is 8.23. The van der Waals surface area contributed by atoms with E-state index in [1.165, 1.54) is 0 Å². The summed E-state index contributed by atoms with van der Waals surface area (Å²) in [4.78, 5) is 19.4. The number of hydrogen-bond donors (Lipinski definition) is 1. The second kappa shape index (κ2) is 6.69. The Hall–Kier alpha value is -1.88. The smallest absolute Gasteiger partial charge is 0.417 e. The van der Waals surface area contributed by atoms with Gasteiger partial charge in [0.2, 0.25) is 11.2 Å². The van der Waals surface area contributed by atoms with Crippen molar-refractivity contribution in [2.45, 2.75) is 18.7 Å². The van der Waals surface area contributed by atoms with E-state index < -0.39 is 45.0 Å². The highest BCUT2D eigenvalue weighted by Gasteiger charge is 2.36. The van der Waals surface area contributed by atoms with Gasteiger partial charge in [-0.05, 0) is 33.6 Å². The lowest BCUT2D eigenvalue weighted by Gasteiger charge is -2.17. The molecule has 1 N–H and O–H groups in total. The van der Waals surface area contributed by atoms with Gasteiger partial charge in [0.25, 0.3) is 0 Å². The summed E-state index contributed by atoms with van der Waals surface area (Å²) in [5.74, 6) is -1.59. The standard InChI is InChI=1S/C14H9BrClF4N3O3/c15-8-7(14(18,19)20)3-6-10(9(8)17)21-12(16)22-11(6)26-5-1-2-23(4-5)13(24)25/h3,5H,1-2,4H2,(H,24,25)/t5-/m1/s1. The van der Waals surface area contributed by atoms with Crippen molar-refractivity contribution < 1.29 is 32.2 Å². The van der Waals surface area contributed by atoms with Crippen LogP contribution in [0.4, 0.5) is 22.4 Å². The number of halogens is 6. The van der Waals surface area contributed by atoms with E-state index in [2.05, 4.69) is 25.9 Å². The molecule has 2 heterocycles. The summed E-state index contributed by atoms with van der Waals surface area (Å²) in [5.41, 5.74) is -1.69. The second-order valence-corrected chi connectivity index (χ2v) is 6.63. The zero-order chi connectivity index (χ0) is 19.2. The monoisotopic (exact) mass is 457 g/mol. The number of hydrogen-bond acceptors (Lipinski definition) is 4. The van der Waals surface area contributed by atoms with Gasteiger partial charge < -0.3 is 14.7 Å². The minimum absolute atomic E-state index is 0.00356. The quantitative estimate of drug-likeness (QED) is 0.535. The molecule has 1 aromatic carbocycles. The molecule has 0 unspecified atom stereocenters. The van der Waals surface area contributed by atoms with Gasteiger partial charge in [-0.3, -0.25) is 0 Å². The number of alkyl halides is 3. The van der Waals surface area contributed by atoms with E-state index in [0.29, 0.717) is 12.5 Å². The third-order valence-corrected chi connectivity index (χ3v) is 4.75. The molecule has 26 heavy (non-hydrogen) atoms. The Balaban J connectivity index is 2.08. The van der Waals surface area contributed by atoms with Crippen LogP contribution in [0.2, 0.25) is 5.28 Å². The highest BCUT2D eigenvalue weighted by molar-refractivity contribution is 9.10. The van der Waals surface area contributed by atoms with Crippen LogP contribution in [0.25, 0.3) is 10.9 Å². The fourth-order valence-corrected chi connectivity index (χ4v) is 3.29. The van der Waals surface area contributed by atoms with Crippen molar-refractivity contribution in [2.24, 2.45) is 0 Å². The summed E-state index contributed by atoms with van der Waals surface area (Å²) in [6, 6.07) is 0.665. The van der Waals surface area contributed by atoms with Gasteiger partial charge in [-0.2, -0.15) is 18.2 Å². The first-order valence-electron chi connectivity index (χ1n) is 7.15. The molecule has 1 saturated heterocycles. The first-order valence-corrected chi connectivity index (χ1v) is 8.32. The van der Waals surface area contributed by atoms with Crippen LogP contribution in [0.3, 0.4) is 0 Å². The number of nitrogens with zero attached hydrogens (tertiary/aromatic N) is 3. The first-order chi connectivity index (χ1) is 12.1. The molecule has 0 aliphatic carbocycles. The molecule has 0 bridgehead atoms. The lowest BCUT2D eigenvalue weighted by atomic mass is 10.1. The van der Waals surface area contributed by atoms with Gasteiger partial charge in [-0.25, -0.2) is 14.2 Å². The van der Waals surface area contributed by atoms with Crippen LogP contribution >= 0.6 is 27.5 Å². The van der Waals surface area contributed by atoms with Gasteiger partial charge >= 0.3 is 12.3 Å². The van der Waals surface area contributed by atoms with Gasteiger partial charge in [0.15, 0.2) is 5.82 Å². The van der Waals surface area contributed by atoms with Crippen molar-refractivity contribution >= 4 is 44.5 Å². The lowest BCUT2D eigenvalue weighted by Crippen LogP contribution is -2.29. The summed E-state index contributed by atoms with van der Waals surface area (Å²) in [6.45, 7) is 0.202. The molecule has 1 aromatic heterocycles. The Morgan fingerprint density at radius 2 is 2.12 bits per heavy atom. The number of carbonyl (C=O) groups is 1. The normalized spacial score (nSPS) is 17.8. The Kier molecular flexibility index (Phi) is 4.86. The van der Waals surface area contributed by atoms with Crippen molar-refractivity contribution in [1.29, 1.82) is 0 Å². The lowest BCUT2D eigenvalue weighted by molar-refractivity contribution is -0.138. The summed E-state index contributed by atoms with van der Waals surface area (Å²) in [6.07, 6.45) is -6.31. The Morgan fingerprint density at radius 1 is 1.42 bits per heavy atom. The van der Waals surface area contributed by atoms with E-state index in [-0.39, 0.29) is 24.4 Å². The third kappa shape index (κ3) is 3.50. The molecule has 1 aliphatic rings. The maximum atomic E-state index is 14.4. The first kappa shape index (κ1) is 18.9. The molecule has 0 spiro atoms. The molecule has 1 atom stereocenters. The van der Waals surface area contributed by atoms with Gasteiger partial charge in [0, 0.05) is 13.0 Å². The molecule has 1 fully saturated rings. The van der Waals surface area contributed by atoms with Gasteiger partial charge in [-0.1, -0.05) is 0 Å². The van der Waals surface area contributed by atoms with E-state index in [4.69, 9.17) is 21.4 Å². The topological polar surface area (TPSA) is 75.5 Å². The molecule has 1 aliphatic heterocycles. The number of ether oxygens (including phenoxy) is 1. The number of amides is 1. The fourth-order valence-electron chi connectivity index (χ4n) is 2.60. The van der Waals surface area contributed by atoms with Crippen LogP contribution in [-0.4, -0.2) is 45.3 Å². The highest BCUT2D eigenvalue weighted by Crippen LogP contribution is 2.41. The zero-order valence-electron chi connectivity index (χ0n) is 12.6. The molecular weight excluding hydrogens is 450 g/mol. The molecular formula is C14H9BrClF4N3O3. The Bertz CT molecular complexity index is 896. The van der Waals surface area contributed by atoms with Gasteiger partial charge in [0.05, 0.1) is 22.0 Å². The van der Waals surface area contributed by atoms with E-state index in [1.54, 1.807) is 0 Å². The number of carboxylic acid groups (broad SMARTS) is 1. The van der Waals surface area contributed by atoms with Crippen LogP contribution in [-0.2, 0) is 6.18 Å². The molecule has 12 heteroatoms. The van der Waals surface area contributed by atoms with Gasteiger partial charge in [-0.15, -0.1) is 0 Å². The highest BCUT2D eigenvalue weighted by atomic mass is 79.9. The van der Waals surface area contributed by atoms with Crippen LogP contribution in [0.1, 0.15) is 12.0 Å². The minimum Gasteiger partial charge on any atom is -0.472 e. The molecule has 0 saturated carbocycles. The van der Waals surface area contributed by atoms with E-state index >= 15 is 0 Å². The average Bonchev–Trinajstić information content (AvgIpc) is 2.99. The van der Waals surface area contributed by atoms with Crippen molar-refractivity contribution in [3.63, 3.8) is 0 Å². The van der Waals surface area contributed by atoms with E-state index in [9.17, 15) is 22.4 Å². The predicted molar refractivity (Wildman–Crippen MR) is 85.8 cm³/mol. The molecule has 3 rings (SSSR count). The second-order valence-electron chi connectivity index (χ2n) is 5.50. The molecule has 2 aromatic rings. The van der Waals surface area contributed by atoms with Crippen LogP contribution in [0.5, 0.6) is 5.88 Å². The summed E-state index contributed by atoms with van der Waals surface area (Å²) < 4.78 is 58.5. The summed E-state index contributed by atoms with van der Waals surface area (Å²) >= 11 is 8.32.